The summed E-state index contributed by atoms with van der Waals surface area (Å²) in [6, 6.07) is 8.35. The first-order valence-electron chi connectivity index (χ1n) is 6.74. The van der Waals surface area contributed by atoms with Crippen LogP contribution in [-0.2, 0) is 16.6 Å². The van der Waals surface area contributed by atoms with Gasteiger partial charge in [0.1, 0.15) is 5.76 Å². The van der Waals surface area contributed by atoms with Crippen LogP contribution >= 0.6 is 0 Å². The third-order valence-electron chi connectivity index (χ3n) is 3.35. The minimum Gasteiger partial charge on any atom is -0.468 e. The average Bonchev–Trinajstić information content (AvgIpc) is 2.94. The lowest BCUT2D eigenvalue weighted by molar-refractivity contribution is 0.459. The molecule has 0 amide bonds. The molecule has 2 rings (SSSR count). The van der Waals surface area contributed by atoms with Crippen molar-refractivity contribution in [3.63, 3.8) is 0 Å². The number of hydrogen-bond acceptors (Lipinski definition) is 4. The summed E-state index contributed by atoms with van der Waals surface area (Å²) in [5.74, 6) is 0.586. The van der Waals surface area contributed by atoms with E-state index in [0.29, 0.717) is 17.2 Å². The van der Waals surface area contributed by atoms with Crippen molar-refractivity contribution in [1.29, 1.82) is 0 Å². The van der Waals surface area contributed by atoms with E-state index in [4.69, 9.17) is 4.42 Å². The maximum Gasteiger partial charge on any atom is 0.241 e. The Kier molecular flexibility index (Phi) is 4.82. The third kappa shape index (κ3) is 3.53. The first-order chi connectivity index (χ1) is 9.95. The van der Waals surface area contributed by atoms with Gasteiger partial charge < -0.3 is 9.73 Å². The lowest BCUT2D eigenvalue weighted by atomic mass is 10.1. The Hall–Kier alpha value is -1.63. The molecule has 1 unspecified atom stereocenters. The number of sulfonamides is 1. The van der Waals surface area contributed by atoms with Gasteiger partial charge in [0.2, 0.25) is 10.0 Å². The van der Waals surface area contributed by atoms with Crippen LogP contribution in [0.3, 0.4) is 0 Å². The number of furan rings is 1. The molecular weight excluding hydrogens is 288 g/mol. The standard InChI is InChI=1S/C15H20N2O3S/c1-11-13(10-16-3)6-4-8-15(11)21(18,19)17-12(2)14-7-5-9-20-14/h4-9,12,16-17H,10H2,1-3H3. The zero-order chi connectivity index (χ0) is 15.5. The Morgan fingerprint density at radius 3 is 2.62 bits per heavy atom. The Bertz CT molecular complexity index is 694. The predicted octanol–water partition coefficient (Wildman–Crippen LogP) is 2.35. The van der Waals surface area contributed by atoms with Gasteiger partial charge in [-0.25, -0.2) is 13.1 Å². The number of hydrogen-bond donors (Lipinski definition) is 2. The van der Waals surface area contributed by atoms with Crippen molar-refractivity contribution in [2.45, 2.75) is 31.3 Å². The van der Waals surface area contributed by atoms with Crippen LogP contribution in [0.5, 0.6) is 0 Å². The summed E-state index contributed by atoms with van der Waals surface area (Å²) in [7, 11) is -1.76. The second-order valence-electron chi connectivity index (χ2n) is 4.93. The molecule has 114 valence electrons. The summed E-state index contributed by atoms with van der Waals surface area (Å²) in [5.41, 5.74) is 1.72. The molecule has 2 N–H and O–H groups in total. The second-order valence-corrected chi connectivity index (χ2v) is 6.61. The van der Waals surface area contributed by atoms with Crippen molar-refractivity contribution < 1.29 is 12.8 Å². The number of rotatable bonds is 6. The molecule has 0 saturated heterocycles. The molecule has 0 saturated carbocycles. The normalized spacial score (nSPS) is 13.3. The molecule has 1 aromatic carbocycles. The molecule has 5 nitrogen and oxygen atoms in total. The van der Waals surface area contributed by atoms with Crippen molar-refractivity contribution >= 4 is 10.0 Å². The highest BCUT2D eigenvalue weighted by Crippen LogP contribution is 2.22. The summed E-state index contributed by atoms with van der Waals surface area (Å²) in [4.78, 5) is 0.300. The van der Waals surface area contributed by atoms with Crippen LogP contribution in [0.25, 0.3) is 0 Å². The van der Waals surface area contributed by atoms with Gasteiger partial charge in [0.05, 0.1) is 17.2 Å². The van der Waals surface area contributed by atoms with E-state index in [1.54, 1.807) is 31.2 Å². The summed E-state index contributed by atoms with van der Waals surface area (Å²) in [6.07, 6.45) is 1.53. The number of benzene rings is 1. The number of nitrogens with one attached hydrogen (secondary N) is 2. The van der Waals surface area contributed by atoms with Gasteiger partial charge in [-0.3, -0.25) is 0 Å². The van der Waals surface area contributed by atoms with Crippen LogP contribution < -0.4 is 10.0 Å². The van der Waals surface area contributed by atoms with E-state index in [1.165, 1.54) is 6.26 Å². The van der Waals surface area contributed by atoms with Crippen molar-refractivity contribution in [2.24, 2.45) is 0 Å². The summed E-state index contributed by atoms with van der Waals surface area (Å²) >= 11 is 0. The van der Waals surface area contributed by atoms with Crippen LogP contribution in [-0.4, -0.2) is 15.5 Å². The lowest BCUT2D eigenvalue weighted by Gasteiger charge is -2.15. The molecule has 0 spiro atoms. The van der Waals surface area contributed by atoms with Gasteiger partial charge in [0.15, 0.2) is 0 Å². The Labute approximate surface area is 125 Å². The Balaban J connectivity index is 2.29. The molecule has 0 aliphatic carbocycles. The van der Waals surface area contributed by atoms with E-state index in [0.717, 1.165) is 11.1 Å². The van der Waals surface area contributed by atoms with Crippen molar-refractivity contribution in [3.05, 3.63) is 53.5 Å². The summed E-state index contributed by atoms with van der Waals surface area (Å²) in [6.45, 7) is 4.20. The fourth-order valence-electron chi connectivity index (χ4n) is 2.22. The highest BCUT2D eigenvalue weighted by Gasteiger charge is 2.22. The maximum atomic E-state index is 12.5. The molecule has 6 heteroatoms. The fraction of sp³-hybridized carbons (Fsp3) is 0.333. The summed E-state index contributed by atoms with van der Waals surface area (Å²) in [5, 5.41) is 3.04. The molecule has 21 heavy (non-hydrogen) atoms. The first-order valence-corrected chi connectivity index (χ1v) is 8.23. The Morgan fingerprint density at radius 1 is 1.24 bits per heavy atom. The zero-order valence-electron chi connectivity index (χ0n) is 12.4. The van der Waals surface area contributed by atoms with Crippen LogP contribution in [0.4, 0.5) is 0 Å². The largest absolute Gasteiger partial charge is 0.468 e. The predicted molar refractivity (Wildman–Crippen MR) is 81.4 cm³/mol. The molecule has 0 bridgehead atoms. The van der Waals surface area contributed by atoms with E-state index >= 15 is 0 Å². The minimum atomic E-state index is -3.59. The maximum absolute atomic E-state index is 12.5. The molecule has 1 heterocycles. The third-order valence-corrected chi connectivity index (χ3v) is 5.04. The zero-order valence-corrected chi connectivity index (χ0v) is 13.2. The van der Waals surface area contributed by atoms with Gasteiger partial charge in [-0.15, -0.1) is 0 Å². The molecule has 0 aliphatic heterocycles. The molecule has 0 aliphatic rings. The molecule has 0 fully saturated rings. The molecule has 1 atom stereocenters. The molecular formula is C15H20N2O3S. The monoisotopic (exact) mass is 308 g/mol. The first kappa shape index (κ1) is 15.8. The van der Waals surface area contributed by atoms with Crippen molar-refractivity contribution in [2.75, 3.05) is 7.05 Å². The molecule has 0 radical (unpaired) electrons. The summed E-state index contributed by atoms with van der Waals surface area (Å²) < 4.78 is 33.0. The van der Waals surface area contributed by atoms with E-state index in [9.17, 15) is 8.42 Å². The SMILES string of the molecule is CNCc1cccc(S(=O)(=O)NC(C)c2ccco2)c1C. The van der Waals surface area contributed by atoms with Gasteiger partial charge in [-0.1, -0.05) is 12.1 Å². The van der Waals surface area contributed by atoms with Gasteiger partial charge in [-0.05, 0) is 50.2 Å². The lowest BCUT2D eigenvalue weighted by Crippen LogP contribution is -2.27. The van der Waals surface area contributed by atoms with Crippen LogP contribution in [0.15, 0.2) is 45.9 Å². The fourth-order valence-corrected chi connectivity index (χ4v) is 3.73. The Morgan fingerprint density at radius 2 is 2.00 bits per heavy atom. The average molecular weight is 308 g/mol. The highest BCUT2D eigenvalue weighted by molar-refractivity contribution is 7.89. The minimum absolute atomic E-state index is 0.300. The van der Waals surface area contributed by atoms with Gasteiger partial charge in [-0.2, -0.15) is 0 Å². The van der Waals surface area contributed by atoms with Gasteiger partial charge >= 0.3 is 0 Å². The smallest absolute Gasteiger partial charge is 0.241 e. The quantitative estimate of drug-likeness (QED) is 0.859. The van der Waals surface area contributed by atoms with E-state index < -0.39 is 16.1 Å². The van der Waals surface area contributed by atoms with Gasteiger partial charge in [0.25, 0.3) is 0 Å². The van der Waals surface area contributed by atoms with Crippen LogP contribution in [0.1, 0.15) is 29.9 Å². The van der Waals surface area contributed by atoms with E-state index in [2.05, 4.69) is 10.0 Å². The van der Waals surface area contributed by atoms with E-state index in [1.807, 2.05) is 20.0 Å². The van der Waals surface area contributed by atoms with E-state index in [-0.39, 0.29) is 0 Å². The molecule has 2 aromatic rings. The van der Waals surface area contributed by atoms with Gasteiger partial charge in [0, 0.05) is 6.54 Å². The topological polar surface area (TPSA) is 71.3 Å². The van der Waals surface area contributed by atoms with Crippen molar-refractivity contribution in [1.82, 2.24) is 10.0 Å². The van der Waals surface area contributed by atoms with Crippen LogP contribution in [0.2, 0.25) is 0 Å². The van der Waals surface area contributed by atoms with Crippen LogP contribution in [0, 0.1) is 6.92 Å². The second kappa shape index (κ2) is 6.43. The molecule has 1 aromatic heterocycles. The highest BCUT2D eigenvalue weighted by atomic mass is 32.2. The van der Waals surface area contributed by atoms with Crippen molar-refractivity contribution in [3.8, 4) is 0 Å².